The molecule has 0 radical (unpaired) electrons. The number of hydrogen-bond donors (Lipinski definition) is 1. The SMILES string of the molecule is Cl.O=C(c1cccc(COc2cccc(F)c2)c1)N1CCC2(CCNC2)CC1. The fourth-order valence-corrected chi connectivity index (χ4v) is 4.11. The Labute approximate surface area is 171 Å². The lowest BCUT2D eigenvalue weighted by Crippen LogP contribution is -2.44. The van der Waals surface area contributed by atoms with E-state index < -0.39 is 0 Å². The van der Waals surface area contributed by atoms with Gasteiger partial charge in [-0.2, -0.15) is 0 Å². The lowest BCUT2D eigenvalue weighted by Gasteiger charge is -2.39. The number of ether oxygens (including phenoxy) is 1. The van der Waals surface area contributed by atoms with Gasteiger partial charge in [-0.05, 0) is 61.1 Å². The van der Waals surface area contributed by atoms with Gasteiger partial charge in [0.25, 0.3) is 5.91 Å². The van der Waals surface area contributed by atoms with Gasteiger partial charge in [0.1, 0.15) is 18.2 Å². The largest absolute Gasteiger partial charge is 0.489 e. The zero-order valence-corrected chi connectivity index (χ0v) is 16.6. The van der Waals surface area contributed by atoms with Crippen molar-refractivity contribution >= 4 is 18.3 Å². The number of halogens is 2. The number of nitrogens with one attached hydrogen (secondary N) is 1. The second kappa shape index (κ2) is 8.93. The average Bonchev–Trinajstić information content (AvgIpc) is 3.15. The summed E-state index contributed by atoms with van der Waals surface area (Å²) in [4.78, 5) is 14.9. The van der Waals surface area contributed by atoms with Gasteiger partial charge in [-0.1, -0.05) is 18.2 Å². The van der Waals surface area contributed by atoms with Gasteiger partial charge in [0.15, 0.2) is 0 Å². The van der Waals surface area contributed by atoms with E-state index in [1.54, 1.807) is 12.1 Å². The van der Waals surface area contributed by atoms with Crippen LogP contribution in [0.3, 0.4) is 0 Å². The van der Waals surface area contributed by atoms with Crippen LogP contribution in [0.1, 0.15) is 35.2 Å². The van der Waals surface area contributed by atoms with Gasteiger partial charge in [-0.25, -0.2) is 4.39 Å². The normalized spacial score (nSPS) is 18.0. The molecule has 0 bridgehead atoms. The molecule has 2 aromatic carbocycles. The molecule has 28 heavy (non-hydrogen) atoms. The van der Waals surface area contributed by atoms with Crippen LogP contribution < -0.4 is 10.1 Å². The molecule has 1 N–H and O–H groups in total. The summed E-state index contributed by atoms with van der Waals surface area (Å²) in [6.45, 7) is 4.14. The Morgan fingerprint density at radius 2 is 1.89 bits per heavy atom. The Morgan fingerprint density at radius 3 is 2.61 bits per heavy atom. The third kappa shape index (κ3) is 4.65. The summed E-state index contributed by atoms with van der Waals surface area (Å²) in [5.74, 6) is 0.249. The molecule has 0 aromatic heterocycles. The third-order valence-corrected chi connectivity index (χ3v) is 5.82. The number of hydrogen-bond acceptors (Lipinski definition) is 3. The highest BCUT2D eigenvalue weighted by molar-refractivity contribution is 5.94. The Morgan fingerprint density at radius 1 is 1.11 bits per heavy atom. The van der Waals surface area contributed by atoms with Crippen LogP contribution in [0, 0.1) is 11.2 Å². The van der Waals surface area contributed by atoms with E-state index in [4.69, 9.17) is 4.74 Å². The molecule has 1 spiro atoms. The lowest BCUT2D eigenvalue weighted by molar-refractivity contribution is 0.0607. The van der Waals surface area contributed by atoms with Crippen molar-refractivity contribution in [2.45, 2.75) is 25.9 Å². The predicted molar refractivity (Wildman–Crippen MR) is 109 cm³/mol. The van der Waals surface area contributed by atoms with Gasteiger partial charge in [0.2, 0.25) is 0 Å². The molecule has 6 heteroatoms. The molecule has 1 amide bonds. The molecule has 2 aromatic rings. The zero-order chi connectivity index (χ0) is 18.7. The van der Waals surface area contributed by atoms with Crippen molar-refractivity contribution in [3.63, 3.8) is 0 Å². The summed E-state index contributed by atoms with van der Waals surface area (Å²) < 4.78 is 18.9. The highest BCUT2D eigenvalue weighted by Gasteiger charge is 2.38. The Balaban J connectivity index is 0.00000225. The zero-order valence-electron chi connectivity index (χ0n) is 15.8. The van der Waals surface area contributed by atoms with Crippen LogP contribution >= 0.6 is 12.4 Å². The summed E-state index contributed by atoms with van der Waals surface area (Å²) >= 11 is 0. The first-order valence-electron chi connectivity index (χ1n) is 9.61. The molecule has 150 valence electrons. The van der Waals surface area contributed by atoms with E-state index in [1.807, 2.05) is 29.2 Å². The quantitative estimate of drug-likeness (QED) is 0.836. The second-order valence-corrected chi connectivity index (χ2v) is 7.67. The van der Waals surface area contributed by atoms with Crippen molar-refractivity contribution in [3.05, 3.63) is 65.5 Å². The van der Waals surface area contributed by atoms with Crippen molar-refractivity contribution in [2.24, 2.45) is 5.41 Å². The van der Waals surface area contributed by atoms with Gasteiger partial charge < -0.3 is 15.0 Å². The minimum Gasteiger partial charge on any atom is -0.489 e. The summed E-state index contributed by atoms with van der Waals surface area (Å²) in [6, 6.07) is 13.6. The molecule has 2 saturated heterocycles. The van der Waals surface area contributed by atoms with Crippen LogP contribution in [0.2, 0.25) is 0 Å². The van der Waals surface area contributed by atoms with Crippen molar-refractivity contribution in [1.29, 1.82) is 0 Å². The van der Waals surface area contributed by atoms with Gasteiger partial charge in [0, 0.05) is 31.3 Å². The maximum atomic E-state index is 13.2. The summed E-state index contributed by atoms with van der Waals surface area (Å²) in [5, 5.41) is 3.46. The number of piperidine rings is 1. The molecular formula is C22H26ClFN2O2. The molecule has 0 saturated carbocycles. The van der Waals surface area contributed by atoms with Crippen LogP contribution in [0.25, 0.3) is 0 Å². The Bertz CT molecular complexity index is 814. The lowest BCUT2D eigenvalue weighted by atomic mass is 9.78. The van der Waals surface area contributed by atoms with Crippen molar-refractivity contribution < 1.29 is 13.9 Å². The average molecular weight is 405 g/mol. The van der Waals surface area contributed by atoms with E-state index in [-0.39, 0.29) is 24.1 Å². The minimum atomic E-state index is -0.322. The summed E-state index contributed by atoms with van der Waals surface area (Å²) in [7, 11) is 0. The van der Waals surface area contributed by atoms with Crippen LogP contribution in [-0.4, -0.2) is 37.0 Å². The van der Waals surface area contributed by atoms with E-state index in [0.29, 0.717) is 23.3 Å². The first-order valence-corrected chi connectivity index (χ1v) is 9.61. The first-order chi connectivity index (χ1) is 13.1. The van der Waals surface area contributed by atoms with E-state index >= 15 is 0 Å². The second-order valence-electron chi connectivity index (χ2n) is 7.67. The number of carbonyl (C=O) groups is 1. The topological polar surface area (TPSA) is 41.6 Å². The van der Waals surface area contributed by atoms with Gasteiger partial charge in [-0.3, -0.25) is 4.79 Å². The predicted octanol–water partition coefficient (Wildman–Crippen LogP) is 4.04. The molecule has 0 atom stereocenters. The Kier molecular flexibility index (Phi) is 6.57. The maximum absolute atomic E-state index is 13.2. The highest BCUT2D eigenvalue weighted by atomic mass is 35.5. The van der Waals surface area contributed by atoms with Crippen LogP contribution in [0.4, 0.5) is 4.39 Å². The summed E-state index contributed by atoms with van der Waals surface area (Å²) in [5.41, 5.74) is 1.99. The van der Waals surface area contributed by atoms with E-state index in [1.165, 1.54) is 18.6 Å². The minimum absolute atomic E-state index is 0. The molecule has 2 aliphatic rings. The summed E-state index contributed by atoms with van der Waals surface area (Å²) in [6.07, 6.45) is 3.38. The molecule has 0 aliphatic carbocycles. The molecular weight excluding hydrogens is 379 g/mol. The maximum Gasteiger partial charge on any atom is 0.253 e. The monoisotopic (exact) mass is 404 g/mol. The van der Waals surface area contributed by atoms with Gasteiger partial charge in [-0.15, -0.1) is 12.4 Å². The number of rotatable bonds is 4. The number of likely N-dealkylation sites (tertiary alicyclic amines) is 1. The molecule has 2 fully saturated rings. The first kappa shape index (κ1) is 20.6. The molecule has 2 aliphatic heterocycles. The van der Waals surface area contributed by atoms with Crippen LogP contribution in [0.15, 0.2) is 48.5 Å². The number of nitrogens with zero attached hydrogens (tertiary/aromatic N) is 1. The van der Waals surface area contributed by atoms with Gasteiger partial charge >= 0.3 is 0 Å². The van der Waals surface area contributed by atoms with E-state index in [0.717, 1.165) is 44.6 Å². The standard InChI is InChI=1S/C22H25FN2O2.ClH/c23-19-5-2-6-20(14-19)27-15-17-3-1-4-18(13-17)21(26)25-11-8-22(9-12-25)7-10-24-16-22;/h1-6,13-14,24H,7-12,15-16H2;1H. The van der Waals surface area contributed by atoms with Gasteiger partial charge in [0.05, 0.1) is 0 Å². The van der Waals surface area contributed by atoms with Crippen LogP contribution in [-0.2, 0) is 6.61 Å². The van der Waals surface area contributed by atoms with Crippen molar-refractivity contribution in [1.82, 2.24) is 10.2 Å². The number of benzene rings is 2. The van der Waals surface area contributed by atoms with E-state index in [2.05, 4.69) is 5.32 Å². The van der Waals surface area contributed by atoms with Crippen LogP contribution in [0.5, 0.6) is 5.75 Å². The van der Waals surface area contributed by atoms with Crippen molar-refractivity contribution in [2.75, 3.05) is 26.2 Å². The Hall–Kier alpha value is -2.11. The highest BCUT2D eigenvalue weighted by Crippen LogP contribution is 2.37. The smallest absolute Gasteiger partial charge is 0.253 e. The number of carbonyl (C=O) groups excluding carboxylic acids is 1. The van der Waals surface area contributed by atoms with Crippen molar-refractivity contribution in [3.8, 4) is 5.75 Å². The third-order valence-electron chi connectivity index (χ3n) is 5.82. The molecule has 0 unspecified atom stereocenters. The fourth-order valence-electron chi connectivity index (χ4n) is 4.11. The molecule has 2 heterocycles. The fraction of sp³-hybridized carbons (Fsp3) is 0.409. The van der Waals surface area contributed by atoms with E-state index in [9.17, 15) is 9.18 Å². The number of amides is 1. The molecule has 4 nitrogen and oxygen atoms in total. The molecule has 4 rings (SSSR count).